The summed E-state index contributed by atoms with van der Waals surface area (Å²) >= 11 is 3.59. The normalized spacial score (nSPS) is 18.5. The molecule has 1 aromatic rings. The lowest BCUT2D eigenvalue weighted by atomic mass is 9.69. The van der Waals surface area contributed by atoms with E-state index >= 15 is 0 Å². The Balaban J connectivity index is 2.43. The number of hydrogen-bond donors (Lipinski definition) is 1. The average Bonchev–Trinajstić information content (AvgIpc) is 2.38. The van der Waals surface area contributed by atoms with Crippen LogP contribution < -0.4 is 0 Å². The van der Waals surface area contributed by atoms with Crippen LogP contribution in [-0.4, -0.2) is 11.1 Å². The highest BCUT2D eigenvalue weighted by molar-refractivity contribution is 9.10. The number of carboxylic acids is 1. The van der Waals surface area contributed by atoms with Crippen molar-refractivity contribution in [3.05, 3.63) is 33.8 Å². The van der Waals surface area contributed by atoms with Crippen LogP contribution in [0.4, 0.5) is 0 Å². The Bertz CT molecular complexity index is 474. The van der Waals surface area contributed by atoms with Gasteiger partial charge in [0.1, 0.15) is 0 Å². The summed E-state index contributed by atoms with van der Waals surface area (Å²) in [6, 6.07) is 6.11. The van der Waals surface area contributed by atoms with E-state index < -0.39 is 11.4 Å². The molecule has 1 aromatic carbocycles. The Morgan fingerprint density at radius 2 is 1.89 bits per heavy atom. The van der Waals surface area contributed by atoms with Crippen molar-refractivity contribution >= 4 is 21.9 Å². The summed E-state index contributed by atoms with van der Waals surface area (Å²) in [5, 5.41) is 9.70. The van der Waals surface area contributed by atoms with Crippen molar-refractivity contribution in [3.8, 4) is 0 Å². The van der Waals surface area contributed by atoms with Crippen molar-refractivity contribution < 1.29 is 9.90 Å². The summed E-state index contributed by atoms with van der Waals surface area (Å²) in [4.78, 5) is 11.8. The Hall–Kier alpha value is -0.830. The number of benzene rings is 1. The molecule has 2 rings (SSSR count). The lowest BCUT2D eigenvalue weighted by Gasteiger charge is -2.34. The second-order valence-electron chi connectivity index (χ2n) is 5.84. The molecular weight excluding hydrogens is 304 g/mol. The van der Waals surface area contributed by atoms with Crippen molar-refractivity contribution in [2.45, 2.75) is 57.3 Å². The molecule has 1 N–H and O–H groups in total. The van der Waals surface area contributed by atoms with Gasteiger partial charge >= 0.3 is 5.97 Å². The van der Waals surface area contributed by atoms with E-state index in [4.69, 9.17) is 0 Å². The lowest BCUT2D eigenvalue weighted by molar-refractivity contribution is -0.145. The molecule has 0 aromatic heterocycles. The van der Waals surface area contributed by atoms with Crippen LogP contribution in [0, 0.1) is 0 Å². The highest BCUT2D eigenvalue weighted by Gasteiger charge is 2.41. The van der Waals surface area contributed by atoms with Crippen LogP contribution in [-0.2, 0) is 10.2 Å². The summed E-state index contributed by atoms with van der Waals surface area (Å²) in [7, 11) is 0. The molecule has 1 aliphatic rings. The minimum Gasteiger partial charge on any atom is -0.481 e. The summed E-state index contributed by atoms with van der Waals surface area (Å²) in [6.45, 7) is 4.29. The fourth-order valence-electron chi connectivity index (χ4n) is 3.07. The van der Waals surface area contributed by atoms with Gasteiger partial charge < -0.3 is 5.11 Å². The van der Waals surface area contributed by atoms with Gasteiger partial charge in [-0.1, -0.05) is 61.2 Å². The van der Waals surface area contributed by atoms with Crippen LogP contribution in [0.25, 0.3) is 0 Å². The zero-order valence-electron chi connectivity index (χ0n) is 11.6. The van der Waals surface area contributed by atoms with Gasteiger partial charge in [-0.3, -0.25) is 4.79 Å². The molecule has 0 saturated heterocycles. The molecule has 0 radical (unpaired) electrons. The maximum absolute atomic E-state index is 11.8. The predicted molar refractivity (Wildman–Crippen MR) is 80.6 cm³/mol. The van der Waals surface area contributed by atoms with Gasteiger partial charge in [0.25, 0.3) is 0 Å². The van der Waals surface area contributed by atoms with Gasteiger partial charge in [-0.2, -0.15) is 0 Å². The summed E-state index contributed by atoms with van der Waals surface area (Å²) in [5.41, 5.74) is 1.52. The van der Waals surface area contributed by atoms with E-state index in [0.29, 0.717) is 5.92 Å². The van der Waals surface area contributed by atoms with Crippen molar-refractivity contribution in [1.29, 1.82) is 0 Å². The fourth-order valence-corrected chi connectivity index (χ4v) is 3.91. The van der Waals surface area contributed by atoms with Crippen molar-refractivity contribution in [2.75, 3.05) is 0 Å². The third-order valence-corrected chi connectivity index (χ3v) is 4.98. The fraction of sp³-hybridized carbons (Fsp3) is 0.562. The predicted octanol–water partition coefficient (Wildman–Crippen LogP) is 4.86. The van der Waals surface area contributed by atoms with E-state index in [1.54, 1.807) is 0 Å². The van der Waals surface area contributed by atoms with E-state index in [0.717, 1.165) is 42.1 Å². The second-order valence-corrected chi connectivity index (χ2v) is 6.69. The molecule has 0 amide bonds. The zero-order chi connectivity index (χ0) is 14.0. The molecule has 3 heteroatoms. The average molecular weight is 325 g/mol. The molecular formula is C16H21BrO2. The van der Waals surface area contributed by atoms with Crippen molar-refractivity contribution in [1.82, 2.24) is 0 Å². The van der Waals surface area contributed by atoms with Gasteiger partial charge in [-0.05, 0) is 36.0 Å². The van der Waals surface area contributed by atoms with Gasteiger partial charge in [-0.25, -0.2) is 0 Å². The van der Waals surface area contributed by atoms with Crippen molar-refractivity contribution in [3.63, 3.8) is 0 Å². The molecule has 1 saturated carbocycles. The highest BCUT2D eigenvalue weighted by Crippen LogP contribution is 2.41. The number of halogens is 1. The Morgan fingerprint density at radius 3 is 2.37 bits per heavy atom. The van der Waals surface area contributed by atoms with E-state index in [-0.39, 0.29) is 0 Å². The molecule has 104 valence electrons. The number of carbonyl (C=O) groups is 1. The molecule has 2 nitrogen and oxygen atoms in total. The highest BCUT2D eigenvalue weighted by atomic mass is 79.9. The van der Waals surface area contributed by atoms with Gasteiger partial charge in [0.15, 0.2) is 0 Å². The first-order valence-corrected chi connectivity index (χ1v) is 7.80. The van der Waals surface area contributed by atoms with E-state index in [9.17, 15) is 9.90 Å². The van der Waals surface area contributed by atoms with Crippen LogP contribution in [0.5, 0.6) is 0 Å². The van der Waals surface area contributed by atoms with Gasteiger partial charge in [0, 0.05) is 4.47 Å². The van der Waals surface area contributed by atoms with Crippen LogP contribution in [0.15, 0.2) is 22.7 Å². The third kappa shape index (κ3) is 2.71. The minimum absolute atomic E-state index is 0.440. The first-order valence-electron chi connectivity index (χ1n) is 7.01. The molecule has 0 spiro atoms. The molecule has 0 heterocycles. The van der Waals surface area contributed by atoms with Gasteiger partial charge in [-0.15, -0.1) is 0 Å². The van der Waals surface area contributed by atoms with E-state index in [1.165, 1.54) is 5.56 Å². The maximum atomic E-state index is 11.8. The van der Waals surface area contributed by atoms with Crippen LogP contribution in [0.1, 0.15) is 63.0 Å². The standard InChI is InChI=1S/C16H21BrO2/c1-11(2)13-7-6-12(10-14(13)17)16(15(18)19)8-4-3-5-9-16/h6-7,10-11H,3-5,8-9H2,1-2H3,(H,18,19). The SMILES string of the molecule is CC(C)c1ccc(C2(C(=O)O)CCCCC2)cc1Br. The minimum atomic E-state index is -0.670. The topological polar surface area (TPSA) is 37.3 Å². The van der Waals surface area contributed by atoms with Crippen molar-refractivity contribution in [2.24, 2.45) is 0 Å². The number of hydrogen-bond acceptors (Lipinski definition) is 1. The lowest BCUT2D eigenvalue weighted by Crippen LogP contribution is -2.37. The number of carboxylic acid groups (broad SMARTS) is 1. The van der Waals surface area contributed by atoms with E-state index in [2.05, 4.69) is 35.8 Å². The monoisotopic (exact) mass is 324 g/mol. The molecule has 0 bridgehead atoms. The molecule has 1 aliphatic carbocycles. The number of aliphatic carboxylic acids is 1. The summed E-state index contributed by atoms with van der Waals surface area (Å²) in [6.07, 6.45) is 4.69. The van der Waals surface area contributed by atoms with Crippen LogP contribution >= 0.6 is 15.9 Å². The summed E-state index contributed by atoms with van der Waals surface area (Å²) in [5.74, 6) is -0.230. The largest absolute Gasteiger partial charge is 0.481 e. The molecule has 19 heavy (non-hydrogen) atoms. The first-order chi connectivity index (χ1) is 8.97. The molecule has 0 aliphatic heterocycles. The Morgan fingerprint density at radius 1 is 1.26 bits per heavy atom. The maximum Gasteiger partial charge on any atom is 0.314 e. The van der Waals surface area contributed by atoms with Gasteiger partial charge in [0.05, 0.1) is 5.41 Å². The van der Waals surface area contributed by atoms with Gasteiger partial charge in [0.2, 0.25) is 0 Å². The third-order valence-electron chi connectivity index (χ3n) is 4.29. The molecule has 0 atom stereocenters. The molecule has 0 unspecified atom stereocenters. The van der Waals surface area contributed by atoms with Crippen LogP contribution in [0.3, 0.4) is 0 Å². The van der Waals surface area contributed by atoms with E-state index in [1.807, 2.05) is 12.1 Å². The smallest absolute Gasteiger partial charge is 0.314 e. The molecule has 1 fully saturated rings. The Kier molecular flexibility index (Phi) is 4.34. The number of rotatable bonds is 3. The first kappa shape index (κ1) is 14.6. The quantitative estimate of drug-likeness (QED) is 0.862. The zero-order valence-corrected chi connectivity index (χ0v) is 13.2. The summed E-state index contributed by atoms with van der Waals surface area (Å²) < 4.78 is 1.03. The Labute approximate surface area is 123 Å². The van der Waals surface area contributed by atoms with Crippen LogP contribution in [0.2, 0.25) is 0 Å². The second kappa shape index (κ2) is 5.66.